The van der Waals surface area contributed by atoms with Gasteiger partial charge in [-0.25, -0.2) is 80.9 Å². The number of aromatic nitrogens is 10. The van der Waals surface area contributed by atoms with Crippen LogP contribution in [0, 0.1) is 5.92 Å². The summed E-state index contributed by atoms with van der Waals surface area (Å²) in [6.07, 6.45) is -12.3. The van der Waals surface area contributed by atoms with Crippen LogP contribution in [0.15, 0.2) is 49.3 Å². The highest BCUT2D eigenvalue weighted by atomic mass is 19.4. The molecule has 0 spiro atoms. The molecule has 2 fully saturated rings. The van der Waals surface area contributed by atoms with Gasteiger partial charge in [0.05, 0.1) is 24.2 Å². The highest BCUT2D eigenvalue weighted by molar-refractivity contribution is 6.15. The number of anilines is 2. The topological polar surface area (TPSA) is 313 Å². The minimum Gasteiger partial charge on any atom is -0.444 e. The Hall–Kier alpha value is -9.68. The third-order valence-corrected chi connectivity index (χ3v) is 13.1. The van der Waals surface area contributed by atoms with Crippen molar-refractivity contribution >= 4 is 70.3 Å². The fourth-order valence-electron chi connectivity index (χ4n) is 8.90. The number of amides is 6. The van der Waals surface area contributed by atoms with Gasteiger partial charge in [-0.3, -0.25) is 5.10 Å². The number of carbonyl (C=O) groups excluding carboxylic acids is 6. The van der Waals surface area contributed by atoms with E-state index in [1.165, 1.54) is 48.5 Å². The Morgan fingerprint density at radius 2 is 0.873 bits per heavy atom. The highest BCUT2D eigenvalue weighted by Gasteiger charge is 2.51. The molecular weight excluding hydrogens is 1380 g/mol. The number of rotatable bonds is 7. The molecule has 0 bridgehead atoms. The standard InChI is InChI=1S/C31H38F5N7O7.C21H23F3N6O5.C11H19F2NO2.CH4/c1-27(2,3)48-24(44)41-13-11-18(30(32,33)15-41)43-22-20(23(40-43)47-19-14-17(10-12-37-19)31(34,35)36)21(38-16-39-22)42(25(45)49-28(4,5)6)26(46)50-29(7,8)9;1-19(2,3)34-17(31)30(18(32)35-20(4,5)6)15-13-14(26-10-27-15)28-29-16(13)33-12-9-11(7-8-25-12)21(22,23)24;1-8-5-6-14(7-11(8,12)13)9(15)16-10(2,3)4;/h10,12,14,16,18H,11,13,15H2,1-9H3;7-10H,1-6H3,(H,26,27,28,29);8H,5-7H2,1-4H3;1H4. The first kappa shape index (κ1) is 83.0. The molecule has 8 heterocycles. The van der Waals surface area contributed by atoms with Gasteiger partial charge in [-0.1, -0.05) is 14.4 Å². The van der Waals surface area contributed by atoms with E-state index in [-0.39, 0.29) is 36.7 Å². The summed E-state index contributed by atoms with van der Waals surface area (Å²) in [5.41, 5.74) is -8.39. The molecule has 8 rings (SSSR count). The van der Waals surface area contributed by atoms with Crippen molar-refractivity contribution in [1.29, 1.82) is 0 Å². The van der Waals surface area contributed by atoms with Crippen LogP contribution in [0.1, 0.15) is 169 Å². The van der Waals surface area contributed by atoms with Gasteiger partial charge in [-0.05, 0) is 150 Å². The monoisotopic (exact) mass is 1460 g/mol. The second kappa shape index (κ2) is 30.5. The van der Waals surface area contributed by atoms with Crippen LogP contribution in [0.4, 0.5) is 84.3 Å². The normalized spacial score (nSPS) is 16.5. The minimum atomic E-state index is -4.80. The molecule has 102 heavy (non-hydrogen) atoms. The van der Waals surface area contributed by atoms with Crippen LogP contribution >= 0.6 is 0 Å². The molecular formula is C64H84F10N14O14. The molecule has 2 saturated heterocycles. The van der Waals surface area contributed by atoms with Crippen LogP contribution in [-0.2, 0) is 40.8 Å². The predicted octanol–water partition coefficient (Wildman–Crippen LogP) is 16.3. The van der Waals surface area contributed by atoms with Crippen LogP contribution in [0.25, 0.3) is 22.1 Å². The van der Waals surface area contributed by atoms with E-state index < -0.39 is 171 Å². The number of piperidine rings is 2. The van der Waals surface area contributed by atoms with Gasteiger partial charge in [0.25, 0.3) is 23.6 Å². The number of carbonyl (C=O) groups is 6. The number of imide groups is 2. The van der Waals surface area contributed by atoms with Gasteiger partial charge in [0.1, 0.15) is 63.1 Å². The quantitative estimate of drug-likeness (QED) is 0.115. The van der Waals surface area contributed by atoms with Crippen molar-refractivity contribution in [2.24, 2.45) is 5.92 Å². The zero-order chi connectivity index (χ0) is 76.4. The highest BCUT2D eigenvalue weighted by Crippen LogP contribution is 2.44. The molecule has 2 aliphatic rings. The lowest BCUT2D eigenvalue weighted by molar-refractivity contribution is -0.138. The fraction of sp³-hybridized carbons (Fsp3) is 0.594. The lowest BCUT2D eigenvalue weighted by Gasteiger charge is -2.38. The summed E-state index contributed by atoms with van der Waals surface area (Å²) in [6.45, 7) is 28.6. The number of nitrogens with one attached hydrogen (secondary N) is 1. The smallest absolute Gasteiger partial charge is 0.425 e. The number of fused-ring (bicyclic) bond motifs is 2. The maximum absolute atomic E-state index is 15.9. The van der Waals surface area contributed by atoms with Crippen molar-refractivity contribution in [3.8, 4) is 23.5 Å². The van der Waals surface area contributed by atoms with Crippen molar-refractivity contribution in [2.45, 2.75) is 216 Å². The van der Waals surface area contributed by atoms with Crippen molar-refractivity contribution in [1.82, 2.24) is 59.7 Å². The molecule has 28 nitrogen and oxygen atoms in total. The molecule has 0 aromatic carbocycles. The molecule has 2 atom stereocenters. The number of hydrogen-bond donors (Lipinski definition) is 1. The zero-order valence-electron chi connectivity index (χ0n) is 58.8. The Bertz CT molecular complexity index is 3920. The van der Waals surface area contributed by atoms with Crippen LogP contribution in [0.2, 0.25) is 0 Å². The molecule has 6 amide bonds. The fourth-order valence-corrected chi connectivity index (χ4v) is 8.90. The van der Waals surface area contributed by atoms with Crippen molar-refractivity contribution in [2.75, 3.05) is 36.0 Å². The number of aromatic amines is 1. The lowest BCUT2D eigenvalue weighted by Crippen LogP contribution is -2.52. The molecule has 2 aliphatic heterocycles. The first-order chi connectivity index (χ1) is 45.9. The molecule has 0 radical (unpaired) electrons. The van der Waals surface area contributed by atoms with Crippen LogP contribution in [-0.4, -0.2) is 168 Å². The Morgan fingerprint density at radius 3 is 1.25 bits per heavy atom. The molecule has 38 heteroatoms. The number of pyridine rings is 2. The van der Waals surface area contributed by atoms with Crippen molar-refractivity contribution in [3.05, 3.63) is 60.4 Å². The number of ether oxygens (including phenoxy) is 8. The molecule has 0 saturated carbocycles. The lowest BCUT2D eigenvalue weighted by atomic mass is 9.95. The number of alkyl halides is 10. The van der Waals surface area contributed by atoms with Gasteiger partial charge in [-0.2, -0.15) is 36.1 Å². The van der Waals surface area contributed by atoms with E-state index in [1.807, 2.05) is 0 Å². The summed E-state index contributed by atoms with van der Waals surface area (Å²) in [5.74, 6) is -10.2. The maximum atomic E-state index is 15.9. The van der Waals surface area contributed by atoms with Crippen molar-refractivity contribution < 1.29 is 111 Å². The number of likely N-dealkylation sites (tertiary alicyclic amines) is 2. The number of hydrogen-bond acceptors (Lipinski definition) is 22. The molecule has 6 aromatic rings. The summed E-state index contributed by atoms with van der Waals surface area (Å²) >= 11 is 0. The summed E-state index contributed by atoms with van der Waals surface area (Å²) in [4.78, 5) is 104. The largest absolute Gasteiger partial charge is 0.444 e. The van der Waals surface area contributed by atoms with Crippen LogP contribution < -0.4 is 19.3 Å². The van der Waals surface area contributed by atoms with Gasteiger partial charge >= 0.3 is 48.9 Å². The second-order valence-corrected chi connectivity index (χ2v) is 29.0. The van der Waals surface area contributed by atoms with E-state index in [0.29, 0.717) is 41.0 Å². The molecule has 1 N–H and O–H groups in total. The summed E-state index contributed by atoms with van der Waals surface area (Å²) in [7, 11) is 0. The van der Waals surface area contributed by atoms with E-state index in [0.717, 1.165) is 45.6 Å². The first-order valence-corrected chi connectivity index (χ1v) is 31.0. The summed E-state index contributed by atoms with van der Waals surface area (Å²) < 4.78 is 182. The van der Waals surface area contributed by atoms with Gasteiger partial charge in [-0.15, -0.1) is 10.2 Å². The van der Waals surface area contributed by atoms with E-state index in [1.54, 1.807) is 83.1 Å². The average Bonchev–Trinajstić information content (AvgIpc) is 1.58. The number of halogens is 10. The van der Waals surface area contributed by atoms with Gasteiger partial charge in [0.15, 0.2) is 22.9 Å². The van der Waals surface area contributed by atoms with E-state index >= 15 is 8.78 Å². The van der Waals surface area contributed by atoms with Crippen LogP contribution in [0.5, 0.6) is 23.5 Å². The van der Waals surface area contributed by atoms with Crippen LogP contribution in [0.3, 0.4) is 0 Å². The van der Waals surface area contributed by atoms with Gasteiger partial charge < -0.3 is 47.7 Å². The van der Waals surface area contributed by atoms with E-state index in [4.69, 9.17) is 37.9 Å². The molecule has 2 unspecified atom stereocenters. The molecule has 0 aliphatic carbocycles. The van der Waals surface area contributed by atoms with E-state index in [9.17, 15) is 63.9 Å². The maximum Gasteiger partial charge on any atom is 0.425 e. The Balaban J connectivity index is 0.000000310. The summed E-state index contributed by atoms with van der Waals surface area (Å²) in [5, 5.41) is 10.0. The predicted molar refractivity (Wildman–Crippen MR) is 345 cm³/mol. The van der Waals surface area contributed by atoms with E-state index in [2.05, 4.69) is 45.2 Å². The van der Waals surface area contributed by atoms with Gasteiger partial charge in [0, 0.05) is 43.5 Å². The molecule has 6 aromatic heterocycles. The molecule has 564 valence electrons. The SMILES string of the molecule is C.CC(C)(C)OC(=O)N(C(=O)OC(C)(C)C)c1ncnc2[nH]nc(Oc3cc(C(F)(F)F)ccn3)c12.CC(C)(C)OC(=O)N1CCC(n2nc(Oc3cc(C(F)(F)F)ccn3)c3c(N(C(=O)OC(C)(C)C)C(=O)OC(C)(C)C)ncnc32)C(F)(F)C1.CC1CCN(C(=O)OC(C)(C)C)CC1(F)F. The average molecular weight is 1460 g/mol. The Morgan fingerprint density at radius 1 is 0.500 bits per heavy atom. The third kappa shape index (κ3) is 22.9. The Labute approximate surface area is 580 Å². The first-order valence-electron chi connectivity index (χ1n) is 31.0. The number of H-pyrrole nitrogens is 1. The second-order valence-electron chi connectivity index (χ2n) is 29.0. The van der Waals surface area contributed by atoms with Gasteiger partial charge in [0.2, 0.25) is 11.8 Å². The minimum absolute atomic E-state index is 0. The Kier molecular flexibility index (Phi) is 24.8. The zero-order valence-corrected chi connectivity index (χ0v) is 58.8. The summed E-state index contributed by atoms with van der Waals surface area (Å²) in [6, 6.07) is 0.862. The van der Waals surface area contributed by atoms with Crippen molar-refractivity contribution in [3.63, 3.8) is 0 Å². The third-order valence-electron chi connectivity index (χ3n) is 13.1. The number of nitrogens with zero attached hydrogens (tertiary/aromatic N) is 13.